The molecule has 3 unspecified atom stereocenters. The lowest BCUT2D eigenvalue weighted by atomic mass is 10.0. The first-order valence-electron chi connectivity index (χ1n) is 12.7. The van der Waals surface area contributed by atoms with Crippen molar-refractivity contribution in [2.24, 2.45) is 5.73 Å². The zero-order valence-electron chi connectivity index (χ0n) is 21.6. The summed E-state index contributed by atoms with van der Waals surface area (Å²) in [7, 11) is 0. The van der Waals surface area contributed by atoms with Gasteiger partial charge in [0.1, 0.15) is 18.6 Å². The second-order valence-corrected chi connectivity index (χ2v) is 9.37. The average molecular weight is 546 g/mol. The maximum atomic E-state index is 13.5. The number of aromatic nitrogens is 3. The molecule has 0 radical (unpaired) electrons. The van der Waals surface area contributed by atoms with E-state index in [1.165, 1.54) is 12.5 Å². The van der Waals surface area contributed by atoms with Gasteiger partial charge >= 0.3 is 5.97 Å². The molecule has 0 spiro atoms. The van der Waals surface area contributed by atoms with Crippen LogP contribution in [0, 0.1) is 0 Å². The summed E-state index contributed by atoms with van der Waals surface area (Å²) >= 11 is 0. The quantitative estimate of drug-likeness (QED) is 0.126. The van der Waals surface area contributed by atoms with Crippen molar-refractivity contribution in [3.05, 3.63) is 90.1 Å². The Morgan fingerprint density at radius 3 is 2.27 bits per heavy atom. The number of aromatic amines is 2. The maximum absolute atomic E-state index is 13.5. The van der Waals surface area contributed by atoms with Gasteiger partial charge in [0.05, 0.1) is 12.4 Å². The first-order valence-corrected chi connectivity index (χ1v) is 12.7. The Labute approximate surface area is 229 Å². The molecule has 4 aromatic rings. The van der Waals surface area contributed by atoms with Gasteiger partial charge in [0.2, 0.25) is 17.7 Å². The summed E-state index contributed by atoms with van der Waals surface area (Å²) in [6, 6.07) is 13.7. The van der Waals surface area contributed by atoms with Gasteiger partial charge in [0.25, 0.3) is 0 Å². The number of para-hydroxylation sites is 1. The number of carbonyl (C=O) groups excluding carboxylic acids is 3. The van der Waals surface area contributed by atoms with Crippen molar-refractivity contribution in [3.8, 4) is 0 Å². The van der Waals surface area contributed by atoms with Crippen molar-refractivity contribution >= 4 is 34.6 Å². The van der Waals surface area contributed by atoms with Crippen LogP contribution in [0.25, 0.3) is 10.9 Å². The van der Waals surface area contributed by atoms with Crippen molar-refractivity contribution < 1.29 is 24.3 Å². The minimum atomic E-state index is -1.22. The number of hydrogen-bond acceptors (Lipinski definition) is 6. The van der Waals surface area contributed by atoms with Gasteiger partial charge in [0.15, 0.2) is 0 Å². The van der Waals surface area contributed by atoms with E-state index in [2.05, 4.69) is 30.9 Å². The minimum absolute atomic E-state index is 0.0310. The van der Waals surface area contributed by atoms with E-state index < -0.39 is 48.4 Å². The van der Waals surface area contributed by atoms with Gasteiger partial charge in [-0.25, -0.2) is 4.98 Å². The second-order valence-electron chi connectivity index (χ2n) is 9.37. The number of nitrogens with two attached hydrogens (primary N) is 1. The molecule has 0 aliphatic carbocycles. The maximum Gasteiger partial charge on any atom is 0.322 e. The molecular formula is C28H31N7O5. The van der Waals surface area contributed by atoms with Gasteiger partial charge in [-0.3, -0.25) is 19.2 Å². The molecule has 0 aliphatic rings. The van der Waals surface area contributed by atoms with Crippen molar-refractivity contribution in [1.29, 1.82) is 0 Å². The van der Waals surface area contributed by atoms with Crippen LogP contribution in [0.4, 0.5) is 0 Å². The molecule has 12 heteroatoms. The number of nitrogens with zero attached hydrogens (tertiary/aromatic N) is 1. The number of aliphatic carboxylic acids is 1. The molecule has 2 heterocycles. The number of carboxylic acids is 1. The molecule has 4 rings (SSSR count). The lowest BCUT2D eigenvalue weighted by molar-refractivity contribution is -0.138. The highest BCUT2D eigenvalue weighted by Gasteiger charge is 2.29. The van der Waals surface area contributed by atoms with Crippen LogP contribution in [0.1, 0.15) is 16.8 Å². The normalized spacial score (nSPS) is 13.2. The summed E-state index contributed by atoms with van der Waals surface area (Å²) in [5, 5.41) is 17.6. The van der Waals surface area contributed by atoms with Crippen LogP contribution in [-0.4, -0.2) is 68.4 Å². The van der Waals surface area contributed by atoms with E-state index in [0.29, 0.717) is 5.69 Å². The van der Waals surface area contributed by atoms with Gasteiger partial charge in [-0.1, -0.05) is 48.5 Å². The fraction of sp³-hybridized carbons (Fsp3) is 0.250. The second kappa shape index (κ2) is 13.2. The predicted molar refractivity (Wildman–Crippen MR) is 147 cm³/mol. The number of benzene rings is 2. The highest BCUT2D eigenvalue weighted by Crippen LogP contribution is 2.19. The Morgan fingerprint density at radius 2 is 1.55 bits per heavy atom. The molecule has 0 saturated heterocycles. The van der Waals surface area contributed by atoms with E-state index >= 15 is 0 Å². The number of fused-ring (bicyclic) bond motifs is 1. The molecule has 0 saturated carbocycles. The smallest absolute Gasteiger partial charge is 0.322 e. The lowest BCUT2D eigenvalue weighted by Gasteiger charge is -2.24. The number of hydrogen-bond donors (Lipinski definition) is 7. The van der Waals surface area contributed by atoms with Crippen LogP contribution < -0.4 is 21.7 Å². The third-order valence-corrected chi connectivity index (χ3v) is 6.39. The van der Waals surface area contributed by atoms with Crippen LogP contribution in [-0.2, 0) is 38.4 Å². The van der Waals surface area contributed by atoms with E-state index in [0.717, 1.165) is 22.0 Å². The average Bonchev–Trinajstić information content (AvgIpc) is 3.61. The van der Waals surface area contributed by atoms with Crippen LogP contribution in [0.2, 0.25) is 0 Å². The molecule has 0 aliphatic heterocycles. The van der Waals surface area contributed by atoms with E-state index in [1.807, 2.05) is 60.8 Å². The Morgan fingerprint density at radius 1 is 0.850 bits per heavy atom. The summed E-state index contributed by atoms with van der Waals surface area (Å²) in [6.45, 7) is -0.610. The standard InChI is InChI=1S/C28H31N7O5/c29-21(11-18-13-31-22-9-5-4-8-20(18)22)26(38)34-23(10-17-6-2-1-3-7-17)28(40)35-24(12-19-14-30-16-33-19)27(39)32-15-25(36)37/h1-9,13-14,16,21,23-24,31H,10-12,15,29H2,(H,30,33)(H,32,39)(H,34,38)(H,35,40)(H,36,37). The lowest BCUT2D eigenvalue weighted by Crippen LogP contribution is -2.57. The Kier molecular flexibility index (Phi) is 9.26. The van der Waals surface area contributed by atoms with Crippen molar-refractivity contribution in [2.45, 2.75) is 37.4 Å². The van der Waals surface area contributed by atoms with E-state index in [9.17, 15) is 19.2 Å². The third kappa shape index (κ3) is 7.54. The molecule has 0 fully saturated rings. The molecule has 2 aromatic carbocycles. The number of amides is 3. The van der Waals surface area contributed by atoms with E-state index in [4.69, 9.17) is 10.8 Å². The SMILES string of the molecule is NC(Cc1c[nH]c2ccccc12)C(=O)NC(Cc1ccccc1)C(=O)NC(Cc1cnc[nH]1)C(=O)NCC(=O)O. The fourth-order valence-electron chi connectivity index (χ4n) is 4.35. The minimum Gasteiger partial charge on any atom is -0.480 e. The molecule has 208 valence electrons. The van der Waals surface area contributed by atoms with Gasteiger partial charge < -0.3 is 36.8 Å². The molecule has 2 aromatic heterocycles. The van der Waals surface area contributed by atoms with Crippen molar-refractivity contribution in [1.82, 2.24) is 30.9 Å². The number of carbonyl (C=O) groups is 4. The number of H-pyrrole nitrogens is 2. The number of carboxylic acid groups (broad SMARTS) is 1. The van der Waals surface area contributed by atoms with E-state index in [1.54, 1.807) is 0 Å². The monoisotopic (exact) mass is 545 g/mol. The summed E-state index contributed by atoms with van der Waals surface area (Å²) < 4.78 is 0. The molecule has 0 bridgehead atoms. The van der Waals surface area contributed by atoms with Gasteiger partial charge in [0, 0.05) is 41.8 Å². The third-order valence-electron chi connectivity index (χ3n) is 6.39. The molecule has 8 N–H and O–H groups in total. The Balaban J connectivity index is 1.49. The molecule has 40 heavy (non-hydrogen) atoms. The fourth-order valence-corrected chi connectivity index (χ4v) is 4.35. The summed E-state index contributed by atoms with van der Waals surface area (Å²) in [6.07, 6.45) is 5.15. The molecular weight excluding hydrogens is 514 g/mol. The van der Waals surface area contributed by atoms with Crippen LogP contribution in [0.5, 0.6) is 0 Å². The molecule has 12 nitrogen and oxygen atoms in total. The highest BCUT2D eigenvalue weighted by atomic mass is 16.4. The van der Waals surface area contributed by atoms with Gasteiger partial charge in [-0.05, 0) is 23.6 Å². The number of imidazole rings is 1. The summed E-state index contributed by atoms with van der Waals surface area (Å²) in [5.74, 6) is -3.06. The molecule has 3 amide bonds. The number of rotatable bonds is 13. The van der Waals surface area contributed by atoms with Gasteiger partial charge in [-0.15, -0.1) is 0 Å². The van der Waals surface area contributed by atoms with Crippen LogP contribution >= 0.6 is 0 Å². The molecule has 3 atom stereocenters. The Hall–Kier alpha value is -4.97. The van der Waals surface area contributed by atoms with Crippen LogP contribution in [0.3, 0.4) is 0 Å². The topological polar surface area (TPSA) is 195 Å². The van der Waals surface area contributed by atoms with Crippen molar-refractivity contribution in [2.75, 3.05) is 6.54 Å². The van der Waals surface area contributed by atoms with Gasteiger partial charge in [-0.2, -0.15) is 0 Å². The summed E-state index contributed by atoms with van der Waals surface area (Å²) in [4.78, 5) is 60.3. The zero-order valence-corrected chi connectivity index (χ0v) is 21.6. The largest absolute Gasteiger partial charge is 0.480 e. The van der Waals surface area contributed by atoms with Crippen molar-refractivity contribution in [3.63, 3.8) is 0 Å². The Bertz CT molecular complexity index is 1450. The first-order chi connectivity index (χ1) is 19.3. The predicted octanol–water partition coefficient (Wildman–Crippen LogP) is 0.417. The van der Waals surface area contributed by atoms with E-state index in [-0.39, 0.29) is 19.3 Å². The summed E-state index contributed by atoms with van der Waals surface area (Å²) in [5.41, 5.74) is 9.40. The number of nitrogens with one attached hydrogen (secondary N) is 5. The highest BCUT2D eigenvalue weighted by molar-refractivity contribution is 5.94. The zero-order chi connectivity index (χ0) is 28.5. The van der Waals surface area contributed by atoms with Crippen LogP contribution in [0.15, 0.2) is 73.3 Å². The first kappa shape index (κ1) is 28.0.